The minimum Gasteiger partial charge on any atom is -0.386 e. The van der Waals surface area contributed by atoms with Gasteiger partial charge in [0.2, 0.25) is 0 Å². The summed E-state index contributed by atoms with van der Waals surface area (Å²) in [7, 11) is 0. The number of amidine groups is 1. The average molecular weight is 164 g/mol. The number of aromatic nitrogens is 2. The third kappa shape index (κ3) is 1.47. The van der Waals surface area contributed by atoms with Crippen LogP contribution >= 0.6 is 0 Å². The highest BCUT2D eigenvalue weighted by molar-refractivity contribution is 5.76. The van der Waals surface area contributed by atoms with E-state index >= 15 is 0 Å². The Morgan fingerprint density at radius 2 is 2.50 bits per heavy atom. The second-order valence-electron chi connectivity index (χ2n) is 3.27. The first kappa shape index (κ1) is 7.34. The molecule has 0 aromatic carbocycles. The summed E-state index contributed by atoms with van der Waals surface area (Å²) in [6.07, 6.45) is 6.43. The van der Waals surface area contributed by atoms with Crippen molar-refractivity contribution < 1.29 is 0 Å². The van der Waals surface area contributed by atoms with Crippen LogP contribution < -0.4 is 5.73 Å². The minimum absolute atomic E-state index is 0.153. The van der Waals surface area contributed by atoms with E-state index in [0.717, 1.165) is 5.92 Å². The highest BCUT2D eigenvalue weighted by Gasteiger charge is 2.24. The Bertz CT molecular complexity index is 298. The second kappa shape index (κ2) is 2.62. The van der Waals surface area contributed by atoms with E-state index in [1.165, 1.54) is 18.4 Å². The van der Waals surface area contributed by atoms with Gasteiger partial charge in [-0.15, -0.1) is 0 Å². The van der Waals surface area contributed by atoms with Crippen molar-refractivity contribution in [1.82, 2.24) is 9.78 Å². The number of hydrogen-bond acceptors (Lipinski definition) is 2. The zero-order valence-electron chi connectivity index (χ0n) is 6.83. The molecule has 2 rings (SSSR count). The van der Waals surface area contributed by atoms with Gasteiger partial charge in [0.05, 0.1) is 12.7 Å². The van der Waals surface area contributed by atoms with E-state index in [2.05, 4.69) is 5.10 Å². The monoisotopic (exact) mass is 164 g/mol. The van der Waals surface area contributed by atoms with E-state index < -0.39 is 0 Å². The van der Waals surface area contributed by atoms with Crippen molar-refractivity contribution in [3.05, 3.63) is 18.0 Å². The van der Waals surface area contributed by atoms with Gasteiger partial charge in [-0.25, -0.2) is 0 Å². The van der Waals surface area contributed by atoms with Crippen LogP contribution in [0.25, 0.3) is 0 Å². The molecule has 1 aromatic rings. The maximum absolute atomic E-state index is 7.08. The van der Waals surface area contributed by atoms with Gasteiger partial charge in [-0.2, -0.15) is 5.10 Å². The molecule has 0 atom stereocenters. The summed E-state index contributed by atoms with van der Waals surface area (Å²) in [6.45, 7) is 0.409. The molecule has 0 spiro atoms. The molecule has 4 nitrogen and oxygen atoms in total. The van der Waals surface area contributed by atoms with Crippen molar-refractivity contribution in [2.45, 2.75) is 25.3 Å². The van der Waals surface area contributed by atoms with E-state index in [-0.39, 0.29) is 5.84 Å². The van der Waals surface area contributed by atoms with Crippen LogP contribution in [0.15, 0.2) is 12.4 Å². The van der Waals surface area contributed by atoms with Crippen LogP contribution in [0.2, 0.25) is 0 Å². The Morgan fingerprint density at radius 3 is 3.08 bits per heavy atom. The van der Waals surface area contributed by atoms with Gasteiger partial charge in [0.25, 0.3) is 0 Å². The molecule has 1 saturated carbocycles. The zero-order valence-corrected chi connectivity index (χ0v) is 6.83. The molecular weight excluding hydrogens is 152 g/mol. The molecule has 0 unspecified atom stereocenters. The van der Waals surface area contributed by atoms with Gasteiger partial charge >= 0.3 is 0 Å². The first-order valence-electron chi connectivity index (χ1n) is 4.11. The van der Waals surface area contributed by atoms with Gasteiger partial charge in [-0.3, -0.25) is 10.1 Å². The lowest BCUT2D eigenvalue weighted by Gasteiger charge is -1.96. The van der Waals surface area contributed by atoms with Gasteiger partial charge in [-0.1, -0.05) is 0 Å². The lowest BCUT2D eigenvalue weighted by molar-refractivity contribution is 0.717. The maximum atomic E-state index is 7.08. The quantitative estimate of drug-likeness (QED) is 0.510. The fourth-order valence-electron chi connectivity index (χ4n) is 1.27. The van der Waals surface area contributed by atoms with Crippen molar-refractivity contribution in [3.8, 4) is 0 Å². The smallest absolute Gasteiger partial charge is 0.113 e. The summed E-state index contributed by atoms with van der Waals surface area (Å²) < 4.78 is 1.72. The molecule has 1 fully saturated rings. The van der Waals surface area contributed by atoms with E-state index in [1.54, 1.807) is 4.68 Å². The van der Waals surface area contributed by atoms with Crippen molar-refractivity contribution in [3.63, 3.8) is 0 Å². The number of nitrogens with one attached hydrogen (secondary N) is 1. The van der Waals surface area contributed by atoms with Crippen LogP contribution in [0.3, 0.4) is 0 Å². The molecule has 0 radical (unpaired) electrons. The Hall–Kier alpha value is -1.32. The molecule has 3 N–H and O–H groups in total. The lowest BCUT2D eigenvalue weighted by Crippen LogP contribution is -2.17. The van der Waals surface area contributed by atoms with Crippen LogP contribution in [0.5, 0.6) is 0 Å². The number of nitrogens with two attached hydrogens (primary N) is 1. The van der Waals surface area contributed by atoms with Crippen molar-refractivity contribution in [1.29, 1.82) is 5.41 Å². The number of rotatable bonds is 3. The molecule has 1 aliphatic rings. The molecule has 0 bridgehead atoms. The summed E-state index contributed by atoms with van der Waals surface area (Å²) in [5.41, 5.74) is 6.54. The van der Waals surface area contributed by atoms with Crippen LogP contribution in [0, 0.1) is 5.41 Å². The van der Waals surface area contributed by atoms with Crippen LogP contribution in [-0.4, -0.2) is 15.6 Å². The first-order valence-corrected chi connectivity index (χ1v) is 4.11. The topological polar surface area (TPSA) is 67.7 Å². The van der Waals surface area contributed by atoms with Crippen molar-refractivity contribution in [2.24, 2.45) is 5.73 Å². The van der Waals surface area contributed by atoms with Crippen molar-refractivity contribution >= 4 is 5.84 Å². The lowest BCUT2D eigenvalue weighted by atomic mass is 10.2. The van der Waals surface area contributed by atoms with Crippen LogP contribution in [-0.2, 0) is 6.54 Å². The summed E-state index contributed by atoms with van der Waals surface area (Å²) in [4.78, 5) is 0. The molecule has 0 saturated heterocycles. The fraction of sp³-hybridized carbons (Fsp3) is 0.500. The molecule has 12 heavy (non-hydrogen) atoms. The second-order valence-corrected chi connectivity index (χ2v) is 3.27. The Morgan fingerprint density at radius 1 is 1.75 bits per heavy atom. The summed E-state index contributed by atoms with van der Waals surface area (Å²) >= 11 is 0. The summed E-state index contributed by atoms with van der Waals surface area (Å²) in [6, 6.07) is 0. The normalized spacial score (nSPS) is 16.3. The number of nitrogens with zero attached hydrogens (tertiary/aromatic N) is 2. The van der Waals surface area contributed by atoms with E-state index in [4.69, 9.17) is 11.1 Å². The molecule has 64 valence electrons. The van der Waals surface area contributed by atoms with Gasteiger partial charge in [0, 0.05) is 6.20 Å². The minimum atomic E-state index is 0.153. The average Bonchev–Trinajstić information content (AvgIpc) is 2.73. The predicted molar refractivity (Wildman–Crippen MR) is 46.1 cm³/mol. The highest BCUT2D eigenvalue weighted by Crippen LogP contribution is 2.39. The summed E-state index contributed by atoms with van der Waals surface area (Å²) in [5, 5.41) is 11.2. The van der Waals surface area contributed by atoms with Crippen molar-refractivity contribution in [2.75, 3.05) is 0 Å². The molecule has 4 heteroatoms. The van der Waals surface area contributed by atoms with Crippen LogP contribution in [0.4, 0.5) is 0 Å². The molecule has 0 amide bonds. The SMILES string of the molecule is N=C(N)Cn1cc(C2CC2)cn1. The van der Waals surface area contributed by atoms with Gasteiger partial charge in [0.1, 0.15) is 5.84 Å². The fourth-order valence-corrected chi connectivity index (χ4v) is 1.27. The van der Waals surface area contributed by atoms with Crippen LogP contribution in [0.1, 0.15) is 24.3 Å². The highest BCUT2D eigenvalue weighted by atomic mass is 15.3. The molecule has 1 aromatic heterocycles. The summed E-state index contributed by atoms with van der Waals surface area (Å²) in [5.74, 6) is 0.881. The zero-order chi connectivity index (χ0) is 8.55. The third-order valence-electron chi connectivity index (χ3n) is 2.03. The standard InChI is InChI=1S/C8H12N4/c9-8(10)5-12-4-7(3-11-12)6-1-2-6/h3-4,6H,1-2,5H2,(H3,9,10). The predicted octanol–water partition coefficient (Wildman–Crippen LogP) is 0.696. The van der Waals surface area contributed by atoms with E-state index in [9.17, 15) is 0 Å². The van der Waals surface area contributed by atoms with E-state index in [1.807, 2.05) is 12.4 Å². The number of hydrogen-bond donors (Lipinski definition) is 2. The van der Waals surface area contributed by atoms with Gasteiger partial charge in [-0.05, 0) is 24.3 Å². The van der Waals surface area contributed by atoms with E-state index in [0.29, 0.717) is 6.54 Å². The van der Waals surface area contributed by atoms with Gasteiger partial charge in [0.15, 0.2) is 0 Å². The molecule has 1 heterocycles. The molecular formula is C8H12N4. The largest absolute Gasteiger partial charge is 0.386 e. The Labute approximate surface area is 70.9 Å². The third-order valence-corrected chi connectivity index (χ3v) is 2.03. The maximum Gasteiger partial charge on any atom is 0.113 e. The Balaban J connectivity index is 2.07. The molecule has 1 aliphatic carbocycles. The van der Waals surface area contributed by atoms with Gasteiger partial charge < -0.3 is 5.73 Å². The first-order chi connectivity index (χ1) is 5.75. The Kier molecular flexibility index (Phi) is 1.60. The molecule has 0 aliphatic heterocycles.